The third-order valence-corrected chi connectivity index (χ3v) is 7.34. The molecule has 1 amide bonds. The maximum atomic E-state index is 13.3. The quantitative estimate of drug-likeness (QED) is 0.341. The van der Waals surface area contributed by atoms with Crippen LogP contribution in [0, 0.1) is 6.92 Å². The highest BCUT2D eigenvalue weighted by Gasteiger charge is 2.21. The Bertz CT molecular complexity index is 1310. The highest BCUT2D eigenvalue weighted by Crippen LogP contribution is 2.29. The van der Waals surface area contributed by atoms with Gasteiger partial charge in [0.2, 0.25) is 0 Å². The van der Waals surface area contributed by atoms with Crippen LogP contribution >= 0.6 is 11.9 Å². The van der Waals surface area contributed by atoms with E-state index in [1.807, 2.05) is 48.4 Å². The summed E-state index contributed by atoms with van der Waals surface area (Å²) in [6.45, 7) is 6.45. The number of amides is 1. The monoisotopic (exact) mass is 482 g/mol. The lowest BCUT2D eigenvalue weighted by atomic mass is 10.1. The second kappa shape index (κ2) is 10.9. The molecule has 0 atom stereocenters. The number of anilines is 1. The number of aromatic nitrogens is 1. The summed E-state index contributed by atoms with van der Waals surface area (Å²) in [6.07, 6.45) is 2.81. The van der Waals surface area contributed by atoms with E-state index in [2.05, 4.69) is 63.1 Å². The molecule has 1 aliphatic heterocycles. The molecule has 0 spiro atoms. The Morgan fingerprint density at radius 1 is 0.943 bits per heavy atom. The molecule has 1 aliphatic rings. The second-order valence-corrected chi connectivity index (χ2v) is 9.82. The second-order valence-electron chi connectivity index (χ2n) is 8.97. The Morgan fingerprint density at radius 3 is 2.66 bits per heavy atom. The molecule has 4 aromatic rings. The van der Waals surface area contributed by atoms with E-state index in [1.165, 1.54) is 5.56 Å². The first kappa shape index (κ1) is 23.4. The van der Waals surface area contributed by atoms with Crippen LogP contribution in [0.25, 0.3) is 10.9 Å². The number of fused-ring (bicyclic) bond motifs is 1. The molecule has 0 radical (unpaired) electrons. The van der Waals surface area contributed by atoms with Crippen molar-refractivity contribution >= 4 is 34.4 Å². The van der Waals surface area contributed by atoms with E-state index in [0.29, 0.717) is 0 Å². The molecule has 0 unspecified atom stereocenters. The number of rotatable bonds is 6. The van der Waals surface area contributed by atoms with Gasteiger partial charge < -0.3 is 9.62 Å². The molecule has 178 valence electrons. The lowest BCUT2D eigenvalue weighted by Gasteiger charge is -2.22. The fraction of sp³-hybridized carbons (Fsp3) is 0.241. The number of benzene rings is 3. The average Bonchev–Trinajstić information content (AvgIpc) is 3.13. The lowest BCUT2D eigenvalue weighted by Crippen LogP contribution is -2.35. The molecule has 5 rings (SSSR count). The molecule has 6 heteroatoms. The molecule has 35 heavy (non-hydrogen) atoms. The summed E-state index contributed by atoms with van der Waals surface area (Å²) in [5, 5.41) is 1.12. The fourth-order valence-electron chi connectivity index (χ4n) is 4.54. The highest BCUT2D eigenvalue weighted by molar-refractivity contribution is 8.00. The Morgan fingerprint density at radius 2 is 1.80 bits per heavy atom. The van der Waals surface area contributed by atoms with Gasteiger partial charge in [-0.05, 0) is 66.8 Å². The van der Waals surface area contributed by atoms with Crippen LogP contribution in [0.1, 0.15) is 27.9 Å². The van der Waals surface area contributed by atoms with Crippen LogP contribution in [0.3, 0.4) is 0 Å². The van der Waals surface area contributed by atoms with Gasteiger partial charge in [-0.3, -0.25) is 14.7 Å². The number of hydrogen-bond acceptors (Lipinski definition) is 5. The summed E-state index contributed by atoms with van der Waals surface area (Å²) in [4.78, 5) is 23.3. The van der Waals surface area contributed by atoms with Crippen LogP contribution in [-0.2, 0) is 6.54 Å². The first-order chi connectivity index (χ1) is 17.2. The molecule has 1 saturated heterocycles. The normalized spacial score (nSPS) is 14.6. The molecule has 5 nitrogen and oxygen atoms in total. The zero-order valence-corrected chi connectivity index (χ0v) is 20.8. The summed E-state index contributed by atoms with van der Waals surface area (Å²) in [7, 11) is 0. The van der Waals surface area contributed by atoms with Crippen LogP contribution in [0.4, 0.5) is 5.69 Å². The Hall–Kier alpha value is -3.35. The number of nitrogens with zero attached hydrogens (tertiary/aromatic N) is 3. The molecule has 0 saturated carbocycles. The standard InChI is InChI=1S/C29H30N4OS/c1-22-20-25(13-14-26(22)31-35-27-12-5-10-24-11-6-15-30-28(24)27)29(34)33-17-7-16-32(18-19-33)21-23-8-3-2-4-9-23/h2-6,8-15,20,31H,7,16-19,21H2,1H3. The summed E-state index contributed by atoms with van der Waals surface area (Å²) < 4.78 is 3.45. The van der Waals surface area contributed by atoms with E-state index < -0.39 is 0 Å². The van der Waals surface area contributed by atoms with E-state index >= 15 is 0 Å². The van der Waals surface area contributed by atoms with Crippen molar-refractivity contribution in [2.75, 3.05) is 30.9 Å². The number of pyridine rings is 1. The van der Waals surface area contributed by atoms with Gasteiger partial charge >= 0.3 is 0 Å². The van der Waals surface area contributed by atoms with Crippen molar-refractivity contribution in [1.82, 2.24) is 14.8 Å². The van der Waals surface area contributed by atoms with Crippen LogP contribution in [0.5, 0.6) is 0 Å². The number of carbonyl (C=O) groups excluding carboxylic acids is 1. The minimum absolute atomic E-state index is 0.118. The third-order valence-electron chi connectivity index (χ3n) is 6.46. The topological polar surface area (TPSA) is 48.5 Å². The smallest absolute Gasteiger partial charge is 0.253 e. The highest BCUT2D eigenvalue weighted by atomic mass is 32.2. The summed E-state index contributed by atoms with van der Waals surface area (Å²) >= 11 is 1.55. The van der Waals surface area contributed by atoms with Gasteiger partial charge in [-0.15, -0.1) is 0 Å². The molecule has 2 heterocycles. The van der Waals surface area contributed by atoms with E-state index in [-0.39, 0.29) is 5.91 Å². The van der Waals surface area contributed by atoms with Crippen LogP contribution < -0.4 is 4.72 Å². The third kappa shape index (κ3) is 5.66. The van der Waals surface area contributed by atoms with E-state index in [0.717, 1.165) is 71.8 Å². The van der Waals surface area contributed by atoms with Gasteiger partial charge in [-0.2, -0.15) is 0 Å². The van der Waals surface area contributed by atoms with Crippen molar-refractivity contribution in [1.29, 1.82) is 0 Å². The predicted octanol–water partition coefficient (Wildman–Crippen LogP) is 6.01. The molecule has 3 aromatic carbocycles. The number of hydrogen-bond donors (Lipinski definition) is 1. The summed E-state index contributed by atoms with van der Waals surface area (Å²) in [5.74, 6) is 0.118. The van der Waals surface area contributed by atoms with Gasteiger partial charge in [0.05, 0.1) is 10.4 Å². The van der Waals surface area contributed by atoms with Crippen LogP contribution in [0.15, 0.2) is 90.0 Å². The fourth-order valence-corrected chi connectivity index (χ4v) is 5.40. The molecular weight excluding hydrogens is 452 g/mol. The molecule has 0 bridgehead atoms. The number of nitrogens with one attached hydrogen (secondary N) is 1. The van der Waals surface area contributed by atoms with E-state index in [1.54, 1.807) is 11.9 Å². The van der Waals surface area contributed by atoms with Crippen molar-refractivity contribution in [3.05, 3.63) is 102 Å². The zero-order valence-electron chi connectivity index (χ0n) is 20.0. The van der Waals surface area contributed by atoms with Gasteiger partial charge in [0.1, 0.15) is 0 Å². The predicted molar refractivity (Wildman–Crippen MR) is 145 cm³/mol. The largest absolute Gasteiger partial charge is 0.337 e. The first-order valence-electron chi connectivity index (χ1n) is 12.1. The van der Waals surface area contributed by atoms with Crippen LogP contribution in [0.2, 0.25) is 0 Å². The number of aryl methyl sites for hydroxylation is 1. The van der Waals surface area contributed by atoms with Crippen molar-refractivity contribution in [3.63, 3.8) is 0 Å². The molecular formula is C29H30N4OS. The molecule has 0 aliphatic carbocycles. The maximum Gasteiger partial charge on any atom is 0.253 e. The van der Waals surface area contributed by atoms with E-state index in [4.69, 9.17) is 0 Å². The molecule has 1 N–H and O–H groups in total. The molecule has 1 fully saturated rings. The number of para-hydroxylation sites is 1. The lowest BCUT2D eigenvalue weighted by molar-refractivity contribution is 0.0761. The van der Waals surface area contributed by atoms with Crippen molar-refractivity contribution < 1.29 is 4.79 Å². The maximum absolute atomic E-state index is 13.3. The van der Waals surface area contributed by atoms with Gasteiger partial charge in [0.25, 0.3) is 5.91 Å². The first-order valence-corrected chi connectivity index (χ1v) is 12.9. The SMILES string of the molecule is Cc1cc(C(=O)N2CCCN(Cc3ccccc3)CC2)ccc1NSc1cccc2cccnc12. The summed E-state index contributed by atoms with van der Waals surface area (Å²) in [5.41, 5.74) is 5.12. The van der Waals surface area contributed by atoms with Gasteiger partial charge in [0.15, 0.2) is 0 Å². The minimum atomic E-state index is 0.118. The van der Waals surface area contributed by atoms with Gasteiger partial charge in [0, 0.05) is 55.6 Å². The Balaban J connectivity index is 1.21. The zero-order chi connectivity index (χ0) is 24.0. The van der Waals surface area contributed by atoms with Crippen molar-refractivity contribution in [2.45, 2.75) is 24.8 Å². The van der Waals surface area contributed by atoms with Gasteiger partial charge in [-0.25, -0.2) is 0 Å². The van der Waals surface area contributed by atoms with Gasteiger partial charge in [-0.1, -0.05) is 48.5 Å². The Kier molecular flexibility index (Phi) is 7.31. The average molecular weight is 483 g/mol. The summed E-state index contributed by atoms with van der Waals surface area (Å²) in [6, 6.07) is 26.7. The van der Waals surface area contributed by atoms with Crippen LogP contribution in [-0.4, -0.2) is 46.9 Å². The minimum Gasteiger partial charge on any atom is -0.337 e. The Labute approximate surface area is 211 Å². The number of carbonyl (C=O) groups is 1. The van der Waals surface area contributed by atoms with Crippen molar-refractivity contribution in [2.24, 2.45) is 0 Å². The van der Waals surface area contributed by atoms with E-state index in [9.17, 15) is 4.79 Å². The van der Waals surface area contributed by atoms with Crippen molar-refractivity contribution in [3.8, 4) is 0 Å². The molecule has 1 aromatic heterocycles.